The van der Waals surface area contributed by atoms with E-state index in [4.69, 9.17) is 4.74 Å². The van der Waals surface area contributed by atoms with Crippen LogP contribution in [-0.2, 0) is 11.3 Å². The molecule has 2 N–H and O–H groups in total. The number of urea groups is 1. The van der Waals surface area contributed by atoms with E-state index in [1.807, 2.05) is 41.2 Å². The smallest absolute Gasteiger partial charge is 0.319 e. The minimum Gasteiger partial charge on any atom is -0.381 e. The van der Waals surface area contributed by atoms with Crippen LogP contribution in [-0.4, -0.2) is 35.6 Å². The van der Waals surface area contributed by atoms with Gasteiger partial charge < -0.3 is 15.4 Å². The zero-order chi connectivity index (χ0) is 16.6. The molecule has 1 aromatic carbocycles. The van der Waals surface area contributed by atoms with Gasteiger partial charge in [0.15, 0.2) is 0 Å². The van der Waals surface area contributed by atoms with Crippen molar-refractivity contribution >= 4 is 11.7 Å². The number of benzene rings is 1. The fraction of sp³-hybridized carbons (Fsp3) is 0.444. The van der Waals surface area contributed by atoms with Crippen molar-refractivity contribution in [2.24, 2.45) is 5.92 Å². The summed E-state index contributed by atoms with van der Waals surface area (Å²) in [6.45, 7) is 2.92. The van der Waals surface area contributed by atoms with Gasteiger partial charge in [-0.25, -0.2) is 4.79 Å². The maximum Gasteiger partial charge on any atom is 0.319 e. The number of hydrogen-bond donors (Lipinski definition) is 2. The third kappa shape index (κ3) is 5.70. The van der Waals surface area contributed by atoms with Crippen LogP contribution in [0.15, 0.2) is 42.7 Å². The number of carbonyl (C=O) groups excluding carboxylic acids is 1. The summed E-state index contributed by atoms with van der Waals surface area (Å²) in [4.78, 5) is 11.8. The molecule has 2 amide bonds. The molecule has 0 atom stereocenters. The van der Waals surface area contributed by atoms with Gasteiger partial charge in [0.25, 0.3) is 0 Å². The lowest BCUT2D eigenvalue weighted by molar-refractivity contribution is 0.122. The molecule has 1 heterocycles. The first-order chi connectivity index (χ1) is 11.8. The zero-order valence-electron chi connectivity index (χ0n) is 13.8. The van der Waals surface area contributed by atoms with Crippen molar-refractivity contribution in [2.45, 2.75) is 25.8 Å². The zero-order valence-corrected chi connectivity index (χ0v) is 13.8. The molecular weight excluding hydrogens is 304 g/mol. The summed E-state index contributed by atoms with van der Waals surface area (Å²) >= 11 is 0. The Kier molecular flexibility index (Phi) is 5.85. The SMILES string of the molecule is O=C(NCCCOCC1CC1)Nc1ccc(Cn2cccn2)cc1. The molecule has 1 fully saturated rings. The van der Waals surface area contributed by atoms with Gasteiger partial charge in [-0.05, 0) is 48.9 Å². The Bertz CT molecular complexity index is 621. The molecule has 0 aliphatic heterocycles. The highest BCUT2D eigenvalue weighted by Gasteiger charge is 2.20. The Labute approximate surface area is 142 Å². The normalized spacial score (nSPS) is 13.7. The summed E-state index contributed by atoms with van der Waals surface area (Å²) < 4.78 is 7.40. The van der Waals surface area contributed by atoms with Gasteiger partial charge in [0.2, 0.25) is 0 Å². The Morgan fingerprint density at radius 1 is 1.29 bits per heavy atom. The van der Waals surface area contributed by atoms with Crippen LogP contribution in [0.4, 0.5) is 10.5 Å². The van der Waals surface area contributed by atoms with Crippen LogP contribution in [0.2, 0.25) is 0 Å². The third-order valence-electron chi connectivity index (χ3n) is 3.92. The average molecular weight is 328 g/mol. The Morgan fingerprint density at radius 2 is 2.12 bits per heavy atom. The van der Waals surface area contributed by atoms with Crippen molar-refractivity contribution in [1.29, 1.82) is 0 Å². The molecule has 3 rings (SSSR count). The minimum absolute atomic E-state index is 0.183. The van der Waals surface area contributed by atoms with Crippen molar-refractivity contribution in [3.05, 3.63) is 48.3 Å². The van der Waals surface area contributed by atoms with Gasteiger partial charge in [0.05, 0.1) is 6.54 Å². The van der Waals surface area contributed by atoms with Gasteiger partial charge in [0, 0.05) is 37.8 Å². The van der Waals surface area contributed by atoms with Crippen LogP contribution in [0.1, 0.15) is 24.8 Å². The van der Waals surface area contributed by atoms with Crippen molar-refractivity contribution in [2.75, 3.05) is 25.1 Å². The number of rotatable bonds is 9. The molecular formula is C18H24N4O2. The van der Waals surface area contributed by atoms with Crippen LogP contribution in [0, 0.1) is 5.92 Å². The van der Waals surface area contributed by atoms with Gasteiger partial charge in [-0.2, -0.15) is 5.10 Å². The molecule has 1 aromatic heterocycles. The molecule has 6 nitrogen and oxygen atoms in total. The lowest BCUT2D eigenvalue weighted by Gasteiger charge is -2.09. The highest BCUT2D eigenvalue weighted by molar-refractivity contribution is 5.89. The molecule has 128 valence electrons. The number of ether oxygens (including phenoxy) is 1. The highest BCUT2D eigenvalue weighted by atomic mass is 16.5. The van der Waals surface area contributed by atoms with Crippen LogP contribution < -0.4 is 10.6 Å². The van der Waals surface area contributed by atoms with Crippen molar-refractivity contribution < 1.29 is 9.53 Å². The van der Waals surface area contributed by atoms with E-state index in [1.165, 1.54) is 12.8 Å². The number of amides is 2. The second kappa shape index (κ2) is 8.49. The summed E-state index contributed by atoms with van der Waals surface area (Å²) in [5, 5.41) is 9.85. The average Bonchev–Trinajstić information content (AvgIpc) is 3.27. The number of carbonyl (C=O) groups is 1. The second-order valence-corrected chi connectivity index (χ2v) is 6.15. The number of hydrogen-bond acceptors (Lipinski definition) is 3. The number of nitrogens with one attached hydrogen (secondary N) is 2. The van der Waals surface area contributed by atoms with Crippen molar-refractivity contribution in [3.63, 3.8) is 0 Å². The Balaban J connectivity index is 1.31. The summed E-state index contributed by atoms with van der Waals surface area (Å²) in [5.74, 6) is 0.789. The van der Waals surface area contributed by atoms with Gasteiger partial charge in [-0.1, -0.05) is 12.1 Å². The number of anilines is 1. The van der Waals surface area contributed by atoms with E-state index in [0.717, 1.165) is 36.7 Å². The standard InChI is InChI=1S/C18H24N4O2/c23-18(19-9-2-12-24-14-16-3-4-16)21-17-7-5-15(6-8-17)13-22-11-1-10-20-22/h1,5-8,10-11,16H,2-4,9,12-14H2,(H2,19,21,23). The van der Waals surface area contributed by atoms with E-state index in [1.54, 1.807) is 6.20 Å². The first-order valence-electron chi connectivity index (χ1n) is 8.48. The molecule has 2 aromatic rings. The fourth-order valence-corrected chi connectivity index (χ4v) is 2.36. The summed E-state index contributed by atoms with van der Waals surface area (Å²) in [7, 11) is 0. The van der Waals surface area contributed by atoms with Gasteiger partial charge >= 0.3 is 6.03 Å². The van der Waals surface area contributed by atoms with E-state index in [0.29, 0.717) is 13.2 Å². The Morgan fingerprint density at radius 3 is 2.83 bits per heavy atom. The summed E-state index contributed by atoms with van der Waals surface area (Å²) in [5.41, 5.74) is 1.92. The first kappa shape index (κ1) is 16.5. The van der Waals surface area contributed by atoms with E-state index >= 15 is 0 Å². The van der Waals surface area contributed by atoms with Gasteiger partial charge in [-0.3, -0.25) is 4.68 Å². The molecule has 1 aliphatic rings. The quantitative estimate of drug-likeness (QED) is 0.696. The highest BCUT2D eigenvalue weighted by Crippen LogP contribution is 2.28. The lowest BCUT2D eigenvalue weighted by Crippen LogP contribution is -2.30. The molecule has 0 radical (unpaired) electrons. The van der Waals surface area contributed by atoms with E-state index in [9.17, 15) is 4.79 Å². The molecule has 24 heavy (non-hydrogen) atoms. The topological polar surface area (TPSA) is 68.2 Å². The first-order valence-corrected chi connectivity index (χ1v) is 8.48. The fourth-order valence-electron chi connectivity index (χ4n) is 2.36. The summed E-state index contributed by atoms with van der Waals surface area (Å²) in [6.07, 6.45) is 7.14. The Hall–Kier alpha value is -2.34. The monoisotopic (exact) mass is 328 g/mol. The van der Waals surface area contributed by atoms with Crippen LogP contribution in [0.25, 0.3) is 0 Å². The van der Waals surface area contributed by atoms with E-state index in [2.05, 4.69) is 15.7 Å². The molecule has 1 saturated carbocycles. The molecule has 0 spiro atoms. The van der Waals surface area contributed by atoms with Crippen molar-refractivity contribution in [1.82, 2.24) is 15.1 Å². The van der Waals surface area contributed by atoms with Crippen LogP contribution in [0.5, 0.6) is 0 Å². The van der Waals surface area contributed by atoms with Crippen LogP contribution in [0.3, 0.4) is 0 Å². The minimum atomic E-state index is -0.183. The molecule has 1 aliphatic carbocycles. The molecule has 0 saturated heterocycles. The molecule has 0 unspecified atom stereocenters. The predicted octanol–water partition coefficient (Wildman–Crippen LogP) is 2.87. The van der Waals surface area contributed by atoms with Gasteiger partial charge in [0.1, 0.15) is 0 Å². The largest absolute Gasteiger partial charge is 0.381 e. The van der Waals surface area contributed by atoms with Crippen LogP contribution >= 0.6 is 0 Å². The van der Waals surface area contributed by atoms with Crippen molar-refractivity contribution in [3.8, 4) is 0 Å². The summed E-state index contributed by atoms with van der Waals surface area (Å²) in [6, 6.07) is 9.49. The third-order valence-corrected chi connectivity index (χ3v) is 3.92. The van der Waals surface area contributed by atoms with E-state index < -0.39 is 0 Å². The number of aromatic nitrogens is 2. The second-order valence-electron chi connectivity index (χ2n) is 6.15. The lowest BCUT2D eigenvalue weighted by atomic mass is 10.2. The molecule has 0 bridgehead atoms. The number of nitrogens with zero attached hydrogens (tertiary/aromatic N) is 2. The van der Waals surface area contributed by atoms with Gasteiger partial charge in [-0.15, -0.1) is 0 Å². The maximum absolute atomic E-state index is 11.8. The molecule has 6 heteroatoms. The van der Waals surface area contributed by atoms with E-state index in [-0.39, 0.29) is 6.03 Å². The predicted molar refractivity (Wildman–Crippen MR) is 93.0 cm³/mol. The maximum atomic E-state index is 11.8.